The van der Waals surface area contributed by atoms with Crippen LogP contribution >= 0.6 is 0 Å². The minimum atomic E-state index is -0.840. The highest BCUT2D eigenvalue weighted by Crippen LogP contribution is 2.46. The molecule has 0 radical (unpaired) electrons. The molecular formula is C14H18O6. The number of cyclic esters (lactones) is 1. The van der Waals surface area contributed by atoms with E-state index in [0.717, 1.165) is 0 Å². The van der Waals surface area contributed by atoms with Crippen LogP contribution in [0.5, 0.6) is 11.5 Å². The van der Waals surface area contributed by atoms with E-state index in [4.69, 9.17) is 18.9 Å². The van der Waals surface area contributed by atoms with Gasteiger partial charge in [-0.2, -0.15) is 0 Å². The molecule has 1 N–H and O–H groups in total. The lowest BCUT2D eigenvalue weighted by atomic mass is 9.96. The summed E-state index contributed by atoms with van der Waals surface area (Å²) >= 11 is 0. The van der Waals surface area contributed by atoms with E-state index in [1.807, 2.05) is 0 Å². The van der Waals surface area contributed by atoms with Gasteiger partial charge in [0, 0.05) is 30.4 Å². The summed E-state index contributed by atoms with van der Waals surface area (Å²) in [5.41, 5.74) is 1.75. The number of rotatable bonds is 5. The van der Waals surface area contributed by atoms with Gasteiger partial charge in [-0.15, -0.1) is 0 Å². The molecule has 0 fully saturated rings. The topological polar surface area (TPSA) is 74.2 Å². The Morgan fingerprint density at radius 1 is 1.35 bits per heavy atom. The number of benzene rings is 1. The number of hydrogen-bond donors (Lipinski definition) is 1. The van der Waals surface area contributed by atoms with Crippen molar-refractivity contribution in [2.45, 2.75) is 26.7 Å². The van der Waals surface area contributed by atoms with E-state index in [1.165, 1.54) is 14.2 Å². The normalized spacial score (nSPS) is 17.0. The lowest BCUT2D eigenvalue weighted by Crippen LogP contribution is -2.07. The molecule has 0 aromatic heterocycles. The molecule has 20 heavy (non-hydrogen) atoms. The van der Waals surface area contributed by atoms with Crippen molar-refractivity contribution in [2.24, 2.45) is 0 Å². The lowest BCUT2D eigenvalue weighted by Gasteiger charge is -2.18. The van der Waals surface area contributed by atoms with Crippen LogP contribution in [0.1, 0.15) is 40.3 Å². The zero-order valence-corrected chi connectivity index (χ0v) is 12.0. The van der Waals surface area contributed by atoms with Gasteiger partial charge in [0.25, 0.3) is 0 Å². The van der Waals surface area contributed by atoms with Gasteiger partial charge in [-0.3, -0.25) is 0 Å². The van der Waals surface area contributed by atoms with Crippen LogP contribution in [0.15, 0.2) is 0 Å². The van der Waals surface area contributed by atoms with Crippen molar-refractivity contribution in [1.29, 1.82) is 0 Å². The molecule has 0 saturated carbocycles. The van der Waals surface area contributed by atoms with Crippen molar-refractivity contribution < 1.29 is 28.8 Å². The summed E-state index contributed by atoms with van der Waals surface area (Å²) < 4.78 is 21.0. The van der Waals surface area contributed by atoms with E-state index in [0.29, 0.717) is 34.6 Å². The van der Waals surface area contributed by atoms with Gasteiger partial charge in [0.05, 0.1) is 13.7 Å². The largest absolute Gasteiger partial charge is 0.507 e. The van der Waals surface area contributed by atoms with E-state index < -0.39 is 12.3 Å². The average Bonchev–Trinajstić information content (AvgIpc) is 2.73. The third kappa shape index (κ3) is 2.10. The molecule has 0 unspecified atom stereocenters. The van der Waals surface area contributed by atoms with Gasteiger partial charge in [0.2, 0.25) is 6.29 Å². The maximum absolute atomic E-state index is 12.0. The highest BCUT2D eigenvalue weighted by atomic mass is 16.7. The second kappa shape index (κ2) is 5.68. The Kier molecular flexibility index (Phi) is 4.15. The predicted molar refractivity (Wildman–Crippen MR) is 69.9 cm³/mol. The van der Waals surface area contributed by atoms with Crippen LogP contribution in [0.2, 0.25) is 0 Å². The molecule has 0 spiro atoms. The number of carbonyl (C=O) groups is 1. The fourth-order valence-corrected chi connectivity index (χ4v) is 2.41. The highest BCUT2D eigenvalue weighted by Gasteiger charge is 2.39. The standard InChI is InChI=1S/C14H18O6/c1-5-19-14-9-8(6-17-3)11(15)7(2)12(18-4)10(9)13(16)20-14/h14-15H,5-6H2,1-4H3/t14-/m0/s1. The summed E-state index contributed by atoms with van der Waals surface area (Å²) in [5, 5.41) is 10.3. The first-order valence-electron chi connectivity index (χ1n) is 6.30. The number of fused-ring (bicyclic) bond motifs is 1. The van der Waals surface area contributed by atoms with Gasteiger partial charge >= 0.3 is 5.97 Å². The van der Waals surface area contributed by atoms with Crippen LogP contribution in [-0.4, -0.2) is 31.9 Å². The van der Waals surface area contributed by atoms with Crippen molar-refractivity contribution in [3.8, 4) is 11.5 Å². The monoisotopic (exact) mass is 282 g/mol. The maximum atomic E-state index is 12.0. The van der Waals surface area contributed by atoms with Crippen molar-refractivity contribution in [3.05, 3.63) is 22.3 Å². The number of ether oxygens (including phenoxy) is 4. The summed E-state index contributed by atoms with van der Waals surface area (Å²) in [4.78, 5) is 12.0. The molecular weight excluding hydrogens is 264 g/mol. The second-order valence-electron chi connectivity index (χ2n) is 4.40. The molecule has 6 nitrogen and oxygen atoms in total. The maximum Gasteiger partial charge on any atom is 0.345 e. The number of aromatic hydroxyl groups is 1. The fourth-order valence-electron chi connectivity index (χ4n) is 2.41. The van der Waals surface area contributed by atoms with Crippen LogP contribution < -0.4 is 4.74 Å². The molecule has 110 valence electrons. The molecule has 1 aromatic carbocycles. The van der Waals surface area contributed by atoms with Crippen molar-refractivity contribution >= 4 is 5.97 Å². The van der Waals surface area contributed by atoms with Gasteiger partial charge in [-0.25, -0.2) is 4.79 Å². The summed E-state index contributed by atoms with van der Waals surface area (Å²) in [5.74, 6) is -0.175. The lowest BCUT2D eigenvalue weighted by molar-refractivity contribution is -0.100. The van der Waals surface area contributed by atoms with Crippen molar-refractivity contribution in [1.82, 2.24) is 0 Å². The quantitative estimate of drug-likeness (QED) is 0.833. The molecule has 0 saturated heterocycles. The Morgan fingerprint density at radius 2 is 2.05 bits per heavy atom. The molecule has 2 rings (SSSR count). The third-order valence-corrected chi connectivity index (χ3v) is 3.27. The summed E-state index contributed by atoms with van der Waals surface area (Å²) in [6.07, 6.45) is -0.840. The minimum absolute atomic E-state index is 0.0328. The Balaban J connectivity index is 2.72. The van der Waals surface area contributed by atoms with Gasteiger partial charge in [-0.05, 0) is 13.8 Å². The van der Waals surface area contributed by atoms with Gasteiger partial charge in [0.1, 0.15) is 17.1 Å². The zero-order chi connectivity index (χ0) is 14.9. The van der Waals surface area contributed by atoms with Crippen LogP contribution in [0.4, 0.5) is 0 Å². The molecule has 0 bridgehead atoms. The second-order valence-corrected chi connectivity index (χ2v) is 4.40. The zero-order valence-electron chi connectivity index (χ0n) is 12.0. The Labute approximate surface area is 117 Å². The van der Waals surface area contributed by atoms with Gasteiger partial charge in [0.15, 0.2) is 0 Å². The molecule has 1 heterocycles. The van der Waals surface area contributed by atoms with E-state index in [1.54, 1.807) is 13.8 Å². The number of phenolic OH excluding ortho intramolecular Hbond substituents is 1. The molecule has 6 heteroatoms. The molecule has 1 aromatic rings. The van der Waals surface area contributed by atoms with E-state index >= 15 is 0 Å². The first kappa shape index (κ1) is 14.6. The Morgan fingerprint density at radius 3 is 2.60 bits per heavy atom. The van der Waals surface area contributed by atoms with Crippen LogP contribution in [0.25, 0.3) is 0 Å². The van der Waals surface area contributed by atoms with Crippen LogP contribution in [0, 0.1) is 6.92 Å². The molecule has 1 aliphatic heterocycles. The Bertz CT molecular complexity index is 537. The molecule has 0 amide bonds. The summed E-state index contributed by atoms with van der Waals surface area (Å²) in [6, 6.07) is 0. The third-order valence-electron chi connectivity index (χ3n) is 3.27. The first-order valence-corrected chi connectivity index (χ1v) is 6.30. The van der Waals surface area contributed by atoms with Gasteiger partial charge < -0.3 is 24.1 Å². The number of carbonyl (C=O) groups excluding carboxylic acids is 1. The van der Waals surface area contributed by atoms with E-state index in [9.17, 15) is 9.90 Å². The molecule has 1 atom stereocenters. The fraction of sp³-hybridized carbons (Fsp3) is 0.500. The SMILES string of the molecule is CCO[C@H]1OC(=O)c2c(OC)c(C)c(O)c(COC)c21. The van der Waals surface area contributed by atoms with E-state index in [-0.39, 0.29) is 12.4 Å². The minimum Gasteiger partial charge on any atom is -0.507 e. The van der Waals surface area contributed by atoms with Crippen molar-refractivity contribution in [2.75, 3.05) is 20.8 Å². The van der Waals surface area contributed by atoms with Crippen LogP contribution in [-0.2, 0) is 20.8 Å². The molecule has 1 aliphatic rings. The van der Waals surface area contributed by atoms with Crippen molar-refractivity contribution in [3.63, 3.8) is 0 Å². The summed E-state index contributed by atoms with van der Waals surface area (Å²) in [7, 11) is 2.96. The Hall–Kier alpha value is -1.79. The highest BCUT2D eigenvalue weighted by molar-refractivity contribution is 5.98. The number of phenols is 1. The average molecular weight is 282 g/mol. The van der Waals surface area contributed by atoms with Gasteiger partial charge in [-0.1, -0.05) is 0 Å². The van der Waals surface area contributed by atoms with E-state index in [2.05, 4.69) is 0 Å². The predicted octanol–water partition coefficient (Wildman–Crippen LogP) is 2.06. The first-order chi connectivity index (χ1) is 9.56. The summed E-state index contributed by atoms with van der Waals surface area (Å²) in [6.45, 7) is 4.00. The molecule has 0 aliphatic carbocycles. The smallest absolute Gasteiger partial charge is 0.345 e. The number of methoxy groups -OCH3 is 2. The number of hydrogen-bond acceptors (Lipinski definition) is 6. The van der Waals surface area contributed by atoms with Crippen LogP contribution in [0.3, 0.4) is 0 Å². The number of esters is 1.